The lowest BCUT2D eigenvalue weighted by Crippen LogP contribution is -2.33. The van der Waals surface area contributed by atoms with Crippen LogP contribution < -0.4 is 5.32 Å². The smallest absolute Gasteiger partial charge is 0.0795 e. The van der Waals surface area contributed by atoms with Gasteiger partial charge in [-0.1, -0.05) is 26.2 Å². The molecule has 84 valence electrons. The standard InChI is InChI=1S/C12H20N2S/c1-10-5-3-2-4-6-12(10)13-7-11-8-15-9-14-11/h8-10,12-13H,2-7H2,1H3. The molecule has 0 aromatic carbocycles. The summed E-state index contributed by atoms with van der Waals surface area (Å²) >= 11 is 1.68. The third kappa shape index (κ3) is 3.28. The predicted octanol–water partition coefficient (Wildman–Crippen LogP) is 3.20. The van der Waals surface area contributed by atoms with Crippen LogP contribution in [0.5, 0.6) is 0 Å². The molecule has 1 saturated carbocycles. The van der Waals surface area contributed by atoms with Gasteiger partial charge in [0, 0.05) is 18.0 Å². The van der Waals surface area contributed by atoms with E-state index in [0.29, 0.717) is 6.04 Å². The van der Waals surface area contributed by atoms with Gasteiger partial charge in [0.1, 0.15) is 0 Å². The Labute approximate surface area is 96.1 Å². The van der Waals surface area contributed by atoms with Crippen LogP contribution in [0.1, 0.15) is 44.7 Å². The van der Waals surface area contributed by atoms with Gasteiger partial charge in [-0.3, -0.25) is 0 Å². The van der Waals surface area contributed by atoms with Gasteiger partial charge in [-0.05, 0) is 18.8 Å². The van der Waals surface area contributed by atoms with E-state index in [9.17, 15) is 0 Å². The van der Waals surface area contributed by atoms with Crippen LogP contribution in [0.4, 0.5) is 0 Å². The molecule has 1 fully saturated rings. The Hall–Kier alpha value is -0.410. The zero-order chi connectivity index (χ0) is 10.5. The van der Waals surface area contributed by atoms with Crippen molar-refractivity contribution in [3.63, 3.8) is 0 Å². The Bertz CT molecular complexity index is 271. The molecule has 0 saturated heterocycles. The predicted molar refractivity (Wildman–Crippen MR) is 65.0 cm³/mol. The summed E-state index contributed by atoms with van der Waals surface area (Å²) in [5, 5.41) is 5.79. The molecular weight excluding hydrogens is 204 g/mol. The van der Waals surface area contributed by atoms with Crippen LogP contribution in [-0.2, 0) is 6.54 Å². The summed E-state index contributed by atoms with van der Waals surface area (Å²) in [4.78, 5) is 4.31. The molecule has 1 N–H and O–H groups in total. The highest BCUT2D eigenvalue weighted by molar-refractivity contribution is 7.07. The van der Waals surface area contributed by atoms with Crippen molar-refractivity contribution in [1.29, 1.82) is 0 Å². The van der Waals surface area contributed by atoms with Crippen LogP contribution in [0.25, 0.3) is 0 Å². The van der Waals surface area contributed by atoms with Gasteiger partial charge in [0.2, 0.25) is 0 Å². The highest BCUT2D eigenvalue weighted by Crippen LogP contribution is 2.23. The maximum absolute atomic E-state index is 4.31. The Morgan fingerprint density at radius 3 is 3.07 bits per heavy atom. The van der Waals surface area contributed by atoms with Crippen LogP contribution in [0.2, 0.25) is 0 Å². The molecular formula is C12H20N2S. The van der Waals surface area contributed by atoms with Crippen molar-refractivity contribution in [2.24, 2.45) is 5.92 Å². The summed E-state index contributed by atoms with van der Waals surface area (Å²) in [5.74, 6) is 0.825. The van der Waals surface area contributed by atoms with Gasteiger partial charge in [-0.2, -0.15) is 0 Å². The van der Waals surface area contributed by atoms with Gasteiger partial charge in [0.15, 0.2) is 0 Å². The minimum atomic E-state index is 0.703. The van der Waals surface area contributed by atoms with Crippen molar-refractivity contribution in [1.82, 2.24) is 10.3 Å². The third-order valence-electron chi connectivity index (χ3n) is 3.39. The molecule has 15 heavy (non-hydrogen) atoms. The number of hydrogen-bond donors (Lipinski definition) is 1. The maximum Gasteiger partial charge on any atom is 0.0795 e. The fraction of sp³-hybridized carbons (Fsp3) is 0.750. The zero-order valence-corrected chi connectivity index (χ0v) is 10.2. The van der Waals surface area contributed by atoms with Crippen molar-refractivity contribution < 1.29 is 0 Å². The number of hydrogen-bond acceptors (Lipinski definition) is 3. The summed E-state index contributed by atoms with van der Waals surface area (Å²) < 4.78 is 0. The Morgan fingerprint density at radius 2 is 2.27 bits per heavy atom. The molecule has 1 heterocycles. The molecule has 1 aromatic rings. The molecule has 0 amide bonds. The Morgan fingerprint density at radius 1 is 1.40 bits per heavy atom. The van der Waals surface area contributed by atoms with E-state index in [4.69, 9.17) is 0 Å². The molecule has 3 heteroatoms. The lowest BCUT2D eigenvalue weighted by Gasteiger charge is -2.22. The summed E-state index contributed by atoms with van der Waals surface area (Å²) in [6, 6.07) is 0.703. The average Bonchev–Trinajstić information content (AvgIpc) is 2.67. The monoisotopic (exact) mass is 224 g/mol. The van der Waals surface area contributed by atoms with Crippen molar-refractivity contribution in [2.45, 2.75) is 51.6 Å². The van der Waals surface area contributed by atoms with Crippen LogP contribution in [0.15, 0.2) is 10.9 Å². The van der Waals surface area contributed by atoms with Crippen LogP contribution in [-0.4, -0.2) is 11.0 Å². The van der Waals surface area contributed by atoms with Gasteiger partial charge in [-0.25, -0.2) is 4.98 Å². The van der Waals surface area contributed by atoms with Gasteiger partial charge in [-0.15, -0.1) is 11.3 Å². The van der Waals surface area contributed by atoms with E-state index in [0.717, 1.165) is 12.5 Å². The number of rotatable bonds is 3. The third-order valence-corrected chi connectivity index (χ3v) is 4.03. The molecule has 0 radical (unpaired) electrons. The molecule has 2 nitrogen and oxygen atoms in total. The zero-order valence-electron chi connectivity index (χ0n) is 9.41. The minimum Gasteiger partial charge on any atom is -0.308 e. The number of nitrogens with zero attached hydrogens (tertiary/aromatic N) is 1. The highest BCUT2D eigenvalue weighted by Gasteiger charge is 2.19. The molecule has 1 aliphatic carbocycles. The van der Waals surface area contributed by atoms with Crippen molar-refractivity contribution in [3.8, 4) is 0 Å². The maximum atomic E-state index is 4.31. The van der Waals surface area contributed by atoms with Crippen molar-refractivity contribution in [2.75, 3.05) is 0 Å². The van der Waals surface area contributed by atoms with E-state index < -0.39 is 0 Å². The van der Waals surface area contributed by atoms with E-state index in [-0.39, 0.29) is 0 Å². The highest BCUT2D eigenvalue weighted by atomic mass is 32.1. The van der Waals surface area contributed by atoms with Crippen LogP contribution in [0, 0.1) is 5.92 Å². The first kappa shape index (κ1) is 11.1. The summed E-state index contributed by atoms with van der Waals surface area (Å²) in [6.07, 6.45) is 6.94. The number of aromatic nitrogens is 1. The molecule has 2 atom stereocenters. The topological polar surface area (TPSA) is 24.9 Å². The summed E-state index contributed by atoms with van der Waals surface area (Å²) in [6.45, 7) is 3.32. The van der Waals surface area contributed by atoms with E-state index in [2.05, 4.69) is 22.6 Å². The Kier molecular flexibility index (Phi) is 4.15. The second-order valence-electron chi connectivity index (χ2n) is 4.58. The van der Waals surface area contributed by atoms with E-state index in [1.165, 1.54) is 37.8 Å². The molecule has 1 aromatic heterocycles. The average molecular weight is 224 g/mol. The molecule has 1 aliphatic rings. The normalized spacial score (nSPS) is 27.5. The lowest BCUT2D eigenvalue weighted by atomic mass is 9.97. The first-order chi connectivity index (χ1) is 7.36. The van der Waals surface area contributed by atoms with E-state index >= 15 is 0 Å². The largest absolute Gasteiger partial charge is 0.308 e. The fourth-order valence-electron chi connectivity index (χ4n) is 2.36. The number of thiazole rings is 1. The van der Waals surface area contributed by atoms with Gasteiger partial charge < -0.3 is 5.32 Å². The van der Waals surface area contributed by atoms with Crippen molar-refractivity contribution in [3.05, 3.63) is 16.6 Å². The lowest BCUT2D eigenvalue weighted by molar-refractivity contribution is 0.355. The second-order valence-corrected chi connectivity index (χ2v) is 5.30. The molecule has 0 spiro atoms. The summed E-state index contributed by atoms with van der Waals surface area (Å²) in [7, 11) is 0. The first-order valence-electron chi connectivity index (χ1n) is 5.96. The van der Waals surface area contributed by atoms with Gasteiger partial charge >= 0.3 is 0 Å². The SMILES string of the molecule is CC1CCCCCC1NCc1cscn1. The fourth-order valence-corrected chi connectivity index (χ4v) is 2.92. The van der Waals surface area contributed by atoms with Crippen LogP contribution in [0.3, 0.4) is 0 Å². The second kappa shape index (κ2) is 5.61. The van der Waals surface area contributed by atoms with Crippen molar-refractivity contribution >= 4 is 11.3 Å². The van der Waals surface area contributed by atoms with Gasteiger partial charge in [0.05, 0.1) is 11.2 Å². The van der Waals surface area contributed by atoms with Gasteiger partial charge in [0.25, 0.3) is 0 Å². The Balaban J connectivity index is 1.81. The number of nitrogens with one attached hydrogen (secondary N) is 1. The first-order valence-corrected chi connectivity index (χ1v) is 6.91. The van der Waals surface area contributed by atoms with Crippen LogP contribution >= 0.6 is 11.3 Å². The van der Waals surface area contributed by atoms with E-state index in [1.807, 2.05) is 5.51 Å². The molecule has 2 unspecified atom stereocenters. The van der Waals surface area contributed by atoms with E-state index in [1.54, 1.807) is 11.3 Å². The molecule has 0 aliphatic heterocycles. The summed E-state index contributed by atoms with van der Waals surface area (Å²) in [5.41, 5.74) is 3.10. The quantitative estimate of drug-likeness (QED) is 0.798. The molecule has 2 rings (SSSR count). The minimum absolute atomic E-state index is 0.703. The molecule has 0 bridgehead atoms.